The lowest BCUT2D eigenvalue weighted by atomic mass is 9.97. The van der Waals surface area contributed by atoms with Crippen molar-refractivity contribution in [1.82, 2.24) is 15.0 Å². The fraction of sp³-hybridized carbons (Fsp3) is 0.0789. The first-order chi connectivity index (χ1) is 20.7. The SMILES string of the molecule is C/C=C\c1c(CC)ccc2c(-c3ccccc3)nc(-c3nc4ccccc4c4c3ccc3c5ccccc5sc34)nc12. The largest absolute Gasteiger partial charge is 0.244 e. The molecule has 3 aromatic heterocycles. The molecule has 3 nitrogen and oxygen atoms in total. The molecule has 42 heavy (non-hydrogen) atoms. The average molecular weight is 558 g/mol. The van der Waals surface area contributed by atoms with E-state index in [-0.39, 0.29) is 0 Å². The third kappa shape index (κ3) is 3.76. The first-order valence-corrected chi connectivity index (χ1v) is 15.2. The monoisotopic (exact) mass is 557 g/mol. The molecule has 0 spiro atoms. The maximum absolute atomic E-state index is 5.32. The molecule has 3 heterocycles. The molecule has 0 unspecified atom stereocenters. The lowest BCUT2D eigenvalue weighted by Crippen LogP contribution is -2.01. The normalized spacial score (nSPS) is 12.0. The van der Waals surface area contributed by atoms with E-state index in [1.54, 1.807) is 0 Å². The highest BCUT2D eigenvalue weighted by Gasteiger charge is 2.20. The van der Waals surface area contributed by atoms with Crippen molar-refractivity contribution in [2.45, 2.75) is 20.3 Å². The van der Waals surface area contributed by atoms with Crippen LogP contribution in [0.4, 0.5) is 0 Å². The highest BCUT2D eigenvalue weighted by Crippen LogP contribution is 2.43. The summed E-state index contributed by atoms with van der Waals surface area (Å²) in [4.78, 5) is 15.9. The van der Waals surface area contributed by atoms with Gasteiger partial charge in [0, 0.05) is 52.8 Å². The lowest BCUT2D eigenvalue weighted by molar-refractivity contribution is 1.13. The molecule has 0 aliphatic rings. The molecule has 8 rings (SSSR count). The number of benzene rings is 5. The second kappa shape index (κ2) is 9.86. The molecule has 4 heteroatoms. The number of nitrogens with zero attached hydrogens (tertiary/aromatic N) is 3. The summed E-state index contributed by atoms with van der Waals surface area (Å²) in [5.41, 5.74) is 7.14. The van der Waals surface area contributed by atoms with E-state index in [2.05, 4.69) is 123 Å². The summed E-state index contributed by atoms with van der Waals surface area (Å²) in [6.07, 6.45) is 5.20. The molecule has 0 aliphatic heterocycles. The minimum Gasteiger partial charge on any atom is -0.244 e. The van der Waals surface area contributed by atoms with E-state index in [0.717, 1.165) is 56.1 Å². The van der Waals surface area contributed by atoms with Crippen molar-refractivity contribution < 1.29 is 0 Å². The zero-order chi connectivity index (χ0) is 28.2. The van der Waals surface area contributed by atoms with E-state index in [0.29, 0.717) is 5.82 Å². The van der Waals surface area contributed by atoms with E-state index in [1.807, 2.05) is 17.4 Å². The van der Waals surface area contributed by atoms with Crippen LogP contribution >= 0.6 is 11.3 Å². The van der Waals surface area contributed by atoms with Gasteiger partial charge in [0.25, 0.3) is 0 Å². The summed E-state index contributed by atoms with van der Waals surface area (Å²) in [5, 5.41) is 7.06. The number of rotatable bonds is 4. The number of aryl methyl sites for hydroxylation is 1. The van der Waals surface area contributed by atoms with Crippen LogP contribution in [0.15, 0.2) is 109 Å². The van der Waals surface area contributed by atoms with Crippen LogP contribution in [0.3, 0.4) is 0 Å². The van der Waals surface area contributed by atoms with Gasteiger partial charge in [0.1, 0.15) is 5.69 Å². The molecule has 0 amide bonds. The molecule has 0 atom stereocenters. The Labute approximate surface area is 247 Å². The van der Waals surface area contributed by atoms with E-state index in [9.17, 15) is 0 Å². The lowest BCUT2D eigenvalue weighted by Gasteiger charge is -2.15. The molecule has 0 saturated heterocycles. The maximum atomic E-state index is 5.32. The van der Waals surface area contributed by atoms with Crippen molar-refractivity contribution in [3.8, 4) is 22.8 Å². The van der Waals surface area contributed by atoms with Gasteiger partial charge in [0.05, 0.1) is 16.7 Å². The number of allylic oxidation sites excluding steroid dienone is 1. The van der Waals surface area contributed by atoms with Gasteiger partial charge in [-0.3, -0.25) is 0 Å². The standard InChI is InChI=1S/C38H27N3S/c1-3-12-25-23(4-2)19-20-30-34(24-13-6-5-7-14-24)40-38(41-35(25)30)36-29-22-21-27-26-15-9-11-18-32(26)42-37(27)33(29)28-16-8-10-17-31(28)39-36/h3,5-22H,4H2,1-2H3/b12-3-. The van der Waals surface area contributed by atoms with Gasteiger partial charge in [-0.15, -0.1) is 11.3 Å². The third-order valence-electron chi connectivity index (χ3n) is 8.18. The van der Waals surface area contributed by atoms with E-state index in [1.165, 1.54) is 31.1 Å². The van der Waals surface area contributed by atoms with Crippen LogP contribution in [0.5, 0.6) is 0 Å². The number of hydrogen-bond acceptors (Lipinski definition) is 4. The Hall–Kier alpha value is -4.93. The molecule has 0 saturated carbocycles. The fourth-order valence-corrected chi connectivity index (χ4v) is 7.49. The van der Waals surface area contributed by atoms with E-state index >= 15 is 0 Å². The summed E-state index contributed by atoms with van der Waals surface area (Å²) in [6.45, 7) is 4.26. The van der Waals surface area contributed by atoms with Crippen LogP contribution in [-0.2, 0) is 6.42 Å². The Morgan fingerprint density at radius 1 is 0.643 bits per heavy atom. The fourth-order valence-electron chi connectivity index (χ4n) is 6.23. The molecular formula is C38H27N3S. The average Bonchev–Trinajstić information content (AvgIpc) is 3.43. The summed E-state index contributed by atoms with van der Waals surface area (Å²) < 4.78 is 2.57. The highest BCUT2D eigenvalue weighted by atomic mass is 32.1. The van der Waals surface area contributed by atoms with Crippen LogP contribution in [0.2, 0.25) is 0 Å². The van der Waals surface area contributed by atoms with Crippen LogP contribution < -0.4 is 0 Å². The predicted octanol–water partition coefficient (Wildman–Crippen LogP) is 10.6. The molecular weight excluding hydrogens is 531 g/mol. The number of pyridine rings is 1. The first-order valence-electron chi connectivity index (χ1n) is 14.4. The Kier molecular flexibility index (Phi) is 5.83. The highest BCUT2D eigenvalue weighted by molar-refractivity contribution is 7.26. The van der Waals surface area contributed by atoms with Crippen molar-refractivity contribution >= 4 is 70.2 Å². The molecule has 200 valence electrons. The smallest absolute Gasteiger partial charge is 0.180 e. The van der Waals surface area contributed by atoms with Gasteiger partial charge in [-0.1, -0.05) is 110 Å². The molecule has 8 aromatic rings. The summed E-state index contributed by atoms with van der Waals surface area (Å²) in [5.74, 6) is 0.650. The molecule has 0 aliphatic carbocycles. The number of aromatic nitrogens is 3. The van der Waals surface area contributed by atoms with Crippen LogP contribution in [0, 0.1) is 0 Å². The van der Waals surface area contributed by atoms with Gasteiger partial charge in [0.15, 0.2) is 5.82 Å². The summed E-state index contributed by atoms with van der Waals surface area (Å²) in [6, 6.07) is 36.4. The summed E-state index contributed by atoms with van der Waals surface area (Å²) in [7, 11) is 0. The van der Waals surface area contributed by atoms with E-state index < -0.39 is 0 Å². The first kappa shape index (κ1) is 24.8. The minimum absolute atomic E-state index is 0.650. The molecule has 0 fully saturated rings. The Morgan fingerprint density at radius 2 is 1.38 bits per heavy atom. The molecule has 0 N–H and O–H groups in total. The van der Waals surface area contributed by atoms with Crippen molar-refractivity contribution in [3.05, 3.63) is 120 Å². The Balaban J connectivity index is 1.54. The van der Waals surface area contributed by atoms with Gasteiger partial charge < -0.3 is 0 Å². The topological polar surface area (TPSA) is 38.7 Å². The van der Waals surface area contributed by atoms with Crippen LogP contribution in [0.1, 0.15) is 25.0 Å². The molecule has 0 radical (unpaired) electrons. The van der Waals surface area contributed by atoms with Gasteiger partial charge in [-0.25, -0.2) is 15.0 Å². The van der Waals surface area contributed by atoms with Crippen molar-refractivity contribution in [2.24, 2.45) is 0 Å². The van der Waals surface area contributed by atoms with Crippen molar-refractivity contribution in [3.63, 3.8) is 0 Å². The minimum atomic E-state index is 0.650. The summed E-state index contributed by atoms with van der Waals surface area (Å²) >= 11 is 1.85. The van der Waals surface area contributed by atoms with Gasteiger partial charge in [-0.05, 0) is 31.0 Å². The molecule has 5 aromatic carbocycles. The number of fused-ring (bicyclic) bond motifs is 8. The second-order valence-electron chi connectivity index (χ2n) is 10.6. The van der Waals surface area contributed by atoms with Crippen molar-refractivity contribution in [2.75, 3.05) is 0 Å². The Bertz CT molecular complexity index is 2350. The van der Waals surface area contributed by atoms with Gasteiger partial charge in [0.2, 0.25) is 0 Å². The van der Waals surface area contributed by atoms with Gasteiger partial charge >= 0.3 is 0 Å². The zero-order valence-corrected chi connectivity index (χ0v) is 24.2. The molecule has 0 bridgehead atoms. The number of hydrogen-bond donors (Lipinski definition) is 0. The van der Waals surface area contributed by atoms with Crippen LogP contribution in [0.25, 0.3) is 81.6 Å². The van der Waals surface area contributed by atoms with Gasteiger partial charge in [-0.2, -0.15) is 0 Å². The van der Waals surface area contributed by atoms with Crippen LogP contribution in [-0.4, -0.2) is 15.0 Å². The third-order valence-corrected chi connectivity index (χ3v) is 9.38. The number of thiophene rings is 1. The Morgan fingerprint density at radius 3 is 2.21 bits per heavy atom. The number of para-hydroxylation sites is 1. The maximum Gasteiger partial charge on any atom is 0.180 e. The predicted molar refractivity (Wildman–Crippen MR) is 180 cm³/mol. The van der Waals surface area contributed by atoms with E-state index in [4.69, 9.17) is 15.0 Å². The second-order valence-corrected chi connectivity index (χ2v) is 11.6. The van der Waals surface area contributed by atoms with Crippen molar-refractivity contribution in [1.29, 1.82) is 0 Å². The zero-order valence-electron chi connectivity index (χ0n) is 23.4. The quantitative estimate of drug-likeness (QED) is 0.202.